The highest BCUT2D eigenvalue weighted by molar-refractivity contribution is 5.73. The molecule has 0 amide bonds. The van der Waals surface area contributed by atoms with E-state index in [1.165, 1.54) is 0 Å². The van der Waals surface area contributed by atoms with Gasteiger partial charge in [-0.15, -0.1) is 5.10 Å². The van der Waals surface area contributed by atoms with Crippen LogP contribution in [-0.2, 0) is 0 Å². The van der Waals surface area contributed by atoms with Gasteiger partial charge in [0.1, 0.15) is 0 Å². The molecule has 21 heavy (non-hydrogen) atoms. The van der Waals surface area contributed by atoms with Crippen molar-refractivity contribution in [1.82, 2.24) is 20.2 Å². The number of tetrazole rings is 1. The molecule has 0 spiro atoms. The summed E-state index contributed by atoms with van der Waals surface area (Å²) >= 11 is 0. The zero-order valence-electron chi connectivity index (χ0n) is 11.8. The van der Waals surface area contributed by atoms with Crippen LogP contribution < -0.4 is 10.5 Å². The Kier molecular flexibility index (Phi) is 3.27. The number of hydrogen-bond donors (Lipinski definition) is 1. The standard InChI is InChI=1S/C15H15N5O/c1-10-5-3-6-11(9-10)20-15(17-18-19-20)12-7-4-8-13(16)14(12)21-2/h3-9H,16H2,1-2H3. The lowest BCUT2D eigenvalue weighted by molar-refractivity contribution is 0.418. The largest absolute Gasteiger partial charge is 0.494 e. The molecule has 6 heteroatoms. The van der Waals surface area contributed by atoms with Crippen molar-refractivity contribution in [2.24, 2.45) is 0 Å². The molecule has 1 aromatic heterocycles. The van der Waals surface area contributed by atoms with Crippen LogP contribution in [0.15, 0.2) is 42.5 Å². The van der Waals surface area contributed by atoms with Gasteiger partial charge in [-0.3, -0.25) is 0 Å². The Hall–Kier alpha value is -2.89. The van der Waals surface area contributed by atoms with Crippen molar-refractivity contribution in [3.8, 4) is 22.8 Å². The molecular weight excluding hydrogens is 266 g/mol. The number of nitrogen functional groups attached to an aromatic ring is 1. The molecule has 106 valence electrons. The fourth-order valence-electron chi connectivity index (χ4n) is 2.25. The second-order valence-electron chi connectivity index (χ2n) is 4.68. The van der Waals surface area contributed by atoms with Crippen molar-refractivity contribution in [1.29, 1.82) is 0 Å². The van der Waals surface area contributed by atoms with Crippen LogP contribution in [0, 0.1) is 6.92 Å². The van der Waals surface area contributed by atoms with Crippen LogP contribution in [0.2, 0.25) is 0 Å². The third kappa shape index (κ3) is 2.31. The Balaban J connectivity index is 2.18. The van der Waals surface area contributed by atoms with Gasteiger partial charge in [0.15, 0.2) is 11.6 Å². The Labute approximate surface area is 122 Å². The second-order valence-corrected chi connectivity index (χ2v) is 4.68. The number of benzene rings is 2. The first-order chi connectivity index (χ1) is 10.2. The highest BCUT2D eigenvalue weighted by Crippen LogP contribution is 2.33. The first kappa shape index (κ1) is 13.1. The summed E-state index contributed by atoms with van der Waals surface area (Å²) in [6, 6.07) is 13.5. The van der Waals surface area contributed by atoms with Gasteiger partial charge in [-0.05, 0) is 47.2 Å². The lowest BCUT2D eigenvalue weighted by Gasteiger charge is -2.11. The summed E-state index contributed by atoms with van der Waals surface area (Å²) in [5.41, 5.74) is 9.27. The number of hydrogen-bond acceptors (Lipinski definition) is 5. The van der Waals surface area contributed by atoms with Crippen molar-refractivity contribution in [2.45, 2.75) is 6.92 Å². The predicted molar refractivity (Wildman–Crippen MR) is 80.3 cm³/mol. The summed E-state index contributed by atoms with van der Waals surface area (Å²) in [4.78, 5) is 0. The van der Waals surface area contributed by atoms with Crippen LogP contribution in [-0.4, -0.2) is 27.3 Å². The molecule has 3 aromatic rings. The Morgan fingerprint density at radius 2 is 1.95 bits per heavy atom. The zero-order valence-corrected chi connectivity index (χ0v) is 11.8. The number of anilines is 1. The van der Waals surface area contributed by atoms with E-state index >= 15 is 0 Å². The first-order valence-corrected chi connectivity index (χ1v) is 6.49. The molecule has 3 rings (SSSR count). The lowest BCUT2D eigenvalue weighted by Crippen LogP contribution is -2.02. The van der Waals surface area contributed by atoms with Gasteiger partial charge in [-0.25, -0.2) is 0 Å². The van der Waals surface area contributed by atoms with E-state index in [9.17, 15) is 0 Å². The second kappa shape index (κ2) is 5.24. The van der Waals surface area contributed by atoms with E-state index in [1.807, 2.05) is 43.3 Å². The summed E-state index contributed by atoms with van der Waals surface area (Å²) in [5, 5.41) is 12.0. The highest BCUT2D eigenvalue weighted by Gasteiger charge is 2.16. The number of rotatable bonds is 3. The monoisotopic (exact) mass is 281 g/mol. The van der Waals surface area contributed by atoms with E-state index in [2.05, 4.69) is 15.5 Å². The molecule has 0 aliphatic carbocycles. The Morgan fingerprint density at radius 3 is 2.71 bits per heavy atom. The molecule has 0 aliphatic heterocycles. The van der Waals surface area contributed by atoms with Gasteiger partial charge >= 0.3 is 0 Å². The number of aromatic nitrogens is 4. The maximum absolute atomic E-state index is 5.95. The highest BCUT2D eigenvalue weighted by atomic mass is 16.5. The zero-order chi connectivity index (χ0) is 14.8. The van der Waals surface area contributed by atoms with Crippen molar-refractivity contribution in [3.05, 3.63) is 48.0 Å². The van der Waals surface area contributed by atoms with E-state index < -0.39 is 0 Å². The van der Waals surface area contributed by atoms with Gasteiger partial charge < -0.3 is 10.5 Å². The van der Waals surface area contributed by atoms with E-state index in [4.69, 9.17) is 10.5 Å². The van der Waals surface area contributed by atoms with Crippen molar-refractivity contribution in [2.75, 3.05) is 12.8 Å². The SMILES string of the molecule is COc1c(N)cccc1-c1nnnn1-c1cccc(C)c1. The topological polar surface area (TPSA) is 78.8 Å². The van der Waals surface area contributed by atoms with Crippen LogP contribution in [0.25, 0.3) is 17.1 Å². The Morgan fingerprint density at radius 1 is 1.14 bits per heavy atom. The van der Waals surface area contributed by atoms with Gasteiger partial charge in [0.25, 0.3) is 0 Å². The molecule has 1 heterocycles. The molecule has 2 N–H and O–H groups in total. The molecule has 0 saturated carbocycles. The maximum atomic E-state index is 5.95. The summed E-state index contributed by atoms with van der Waals surface area (Å²) in [7, 11) is 1.58. The average Bonchev–Trinajstić information content (AvgIpc) is 2.96. The minimum atomic E-state index is 0.550. The summed E-state index contributed by atoms with van der Waals surface area (Å²) in [5.74, 6) is 1.16. The van der Waals surface area contributed by atoms with E-state index in [1.54, 1.807) is 17.9 Å². The molecule has 0 fully saturated rings. The van der Waals surface area contributed by atoms with E-state index in [-0.39, 0.29) is 0 Å². The van der Waals surface area contributed by atoms with Crippen LogP contribution >= 0.6 is 0 Å². The average molecular weight is 281 g/mol. The molecule has 6 nitrogen and oxygen atoms in total. The quantitative estimate of drug-likeness (QED) is 0.745. The lowest BCUT2D eigenvalue weighted by atomic mass is 10.1. The van der Waals surface area contributed by atoms with Gasteiger partial charge in [-0.2, -0.15) is 4.68 Å². The van der Waals surface area contributed by atoms with Gasteiger partial charge in [-0.1, -0.05) is 18.2 Å². The molecule has 0 atom stereocenters. The normalized spacial score (nSPS) is 10.6. The van der Waals surface area contributed by atoms with E-state index in [0.29, 0.717) is 17.3 Å². The number of nitrogens with zero attached hydrogens (tertiary/aromatic N) is 4. The van der Waals surface area contributed by atoms with Gasteiger partial charge in [0.05, 0.1) is 24.0 Å². The number of para-hydroxylation sites is 1. The third-order valence-electron chi connectivity index (χ3n) is 3.21. The van der Waals surface area contributed by atoms with Crippen molar-refractivity contribution < 1.29 is 4.74 Å². The molecule has 0 aliphatic rings. The third-order valence-corrected chi connectivity index (χ3v) is 3.21. The Bertz CT molecular complexity index is 781. The first-order valence-electron chi connectivity index (χ1n) is 6.49. The molecule has 0 radical (unpaired) electrons. The fraction of sp³-hybridized carbons (Fsp3) is 0.133. The summed E-state index contributed by atoms with van der Waals surface area (Å²) in [6.45, 7) is 2.02. The summed E-state index contributed by atoms with van der Waals surface area (Å²) in [6.07, 6.45) is 0. The fourth-order valence-corrected chi connectivity index (χ4v) is 2.25. The van der Waals surface area contributed by atoms with Crippen LogP contribution in [0.1, 0.15) is 5.56 Å². The van der Waals surface area contributed by atoms with Crippen LogP contribution in [0.4, 0.5) is 5.69 Å². The molecule has 2 aromatic carbocycles. The van der Waals surface area contributed by atoms with E-state index in [0.717, 1.165) is 16.8 Å². The van der Waals surface area contributed by atoms with Crippen molar-refractivity contribution >= 4 is 5.69 Å². The van der Waals surface area contributed by atoms with Crippen LogP contribution in [0.3, 0.4) is 0 Å². The number of methoxy groups -OCH3 is 1. The maximum Gasteiger partial charge on any atom is 0.190 e. The van der Waals surface area contributed by atoms with Crippen molar-refractivity contribution in [3.63, 3.8) is 0 Å². The molecule has 0 bridgehead atoms. The summed E-state index contributed by atoms with van der Waals surface area (Å²) < 4.78 is 7.05. The number of nitrogens with two attached hydrogens (primary N) is 1. The van der Waals surface area contributed by atoms with Crippen LogP contribution in [0.5, 0.6) is 5.75 Å². The minimum Gasteiger partial charge on any atom is -0.494 e. The molecule has 0 saturated heterocycles. The van der Waals surface area contributed by atoms with Gasteiger partial charge in [0, 0.05) is 0 Å². The smallest absolute Gasteiger partial charge is 0.190 e. The van der Waals surface area contributed by atoms with Gasteiger partial charge in [0.2, 0.25) is 0 Å². The molecule has 0 unspecified atom stereocenters. The minimum absolute atomic E-state index is 0.550. The number of aryl methyl sites for hydroxylation is 1. The number of ether oxygens (including phenoxy) is 1. The molecular formula is C15H15N5O. The predicted octanol–water partition coefficient (Wildman–Crippen LogP) is 2.23.